The van der Waals surface area contributed by atoms with Gasteiger partial charge in [-0.25, -0.2) is 4.79 Å². The highest BCUT2D eigenvalue weighted by Gasteiger charge is 2.12. The van der Waals surface area contributed by atoms with Crippen molar-refractivity contribution in [2.75, 3.05) is 13.2 Å². The minimum Gasteiger partial charge on any atom is -0.481 e. The summed E-state index contributed by atoms with van der Waals surface area (Å²) in [4.78, 5) is 37.5. The van der Waals surface area contributed by atoms with Crippen molar-refractivity contribution in [2.24, 2.45) is 0 Å². The van der Waals surface area contributed by atoms with Gasteiger partial charge in [-0.1, -0.05) is 0 Å². The Balaban J connectivity index is -0.000000124. The Morgan fingerprint density at radius 1 is 0.870 bits per heavy atom. The number of carboxylic acids is 3. The lowest BCUT2D eigenvalue weighted by Crippen LogP contribution is -2.26. The van der Waals surface area contributed by atoms with Gasteiger partial charge in [-0.05, 0) is 6.92 Å². The lowest BCUT2D eigenvalue weighted by molar-refractivity contribution is -0.156. The molecule has 0 aromatic carbocycles. The maximum Gasteiger partial charge on any atom is 0.334 e. The lowest BCUT2D eigenvalue weighted by Gasteiger charge is -2.09. The Labute approximate surface area is 132 Å². The molecule has 0 saturated heterocycles. The molecular formula is C12H24O11. The number of esters is 1. The highest BCUT2D eigenvalue weighted by atomic mass is 16.6. The Bertz CT molecular complexity index is 297. The average molecular weight is 344 g/mol. The topological polar surface area (TPSA) is 199 Å². The number of carbonyl (C=O) groups excluding carboxylic acids is 1. The van der Waals surface area contributed by atoms with E-state index in [4.69, 9.17) is 45.0 Å². The first-order valence-electron chi connectivity index (χ1n) is 6.00. The fourth-order valence-electron chi connectivity index (χ4n) is 0.352. The summed E-state index contributed by atoms with van der Waals surface area (Å²) in [6, 6.07) is 0. The van der Waals surface area contributed by atoms with E-state index in [1.165, 1.54) is 6.92 Å². The molecule has 0 aromatic rings. The second kappa shape index (κ2) is 19.8. The van der Waals surface area contributed by atoms with E-state index >= 15 is 0 Å². The number of hydrogen-bond acceptors (Lipinski definition) is 8. The predicted octanol–water partition coefficient (Wildman–Crippen LogP) is -1.46. The summed E-state index contributed by atoms with van der Waals surface area (Å²) in [5.41, 5.74) is 0. The molecule has 11 nitrogen and oxygen atoms in total. The minimum absolute atomic E-state index is 0.291. The van der Waals surface area contributed by atoms with Crippen LogP contribution in [0.4, 0.5) is 0 Å². The number of carbonyl (C=O) groups is 4. The molecule has 0 aromatic heterocycles. The van der Waals surface area contributed by atoms with Crippen molar-refractivity contribution >= 4 is 23.9 Å². The number of hydrogen-bond donors (Lipinski definition) is 6. The molecule has 23 heavy (non-hydrogen) atoms. The monoisotopic (exact) mass is 344 g/mol. The highest BCUT2D eigenvalue weighted by Crippen LogP contribution is 1.89. The van der Waals surface area contributed by atoms with Crippen LogP contribution in [-0.2, 0) is 23.9 Å². The molecule has 0 amide bonds. The van der Waals surface area contributed by atoms with Crippen LogP contribution in [0.2, 0.25) is 0 Å². The summed E-state index contributed by atoms with van der Waals surface area (Å²) in [7, 11) is 0. The van der Waals surface area contributed by atoms with Gasteiger partial charge in [-0.2, -0.15) is 0 Å². The molecule has 0 spiro atoms. The zero-order valence-corrected chi connectivity index (χ0v) is 13.3. The van der Waals surface area contributed by atoms with Gasteiger partial charge < -0.3 is 35.4 Å². The van der Waals surface area contributed by atoms with Crippen LogP contribution in [-0.4, -0.2) is 79.9 Å². The van der Waals surface area contributed by atoms with Gasteiger partial charge in [-0.3, -0.25) is 14.4 Å². The molecule has 6 N–H and O–H groups in total. The fraction of sp³-hybridized carbons (Fsp3) is 0.667. The molecule has 0 radical (unpaired) electrons. The van der Waals surface area contributed by atoms with Crippen LogP contribution in [0.1, 0.15) is 27.7 Å². The van der Waals surface area contributed by atoms with Crippen molar-refractivity contribution < 1.29 is 54.6 Å². The summed E-state index contributed by atoms with van der Waals surface area (Å²) in [6.07, 6.45) is -2.27. The van der Waals surface area contributed by atoms with Gasteiger partial charge in [0.2, 0.25) is 0 Å². The Kier molecular flexibility index (Phi) is 24.8. The zero-order valence-electron chi connectivity index (χ0n) is 13.3. The number of aliphatic hydroxyl groups is 3. The summed E-state index contributed by atoms with van der Waals surface area (Å²) in [6.45, 7) is 3.75. The Morgan fingerprint density at radius 2 is 1.13 bits per heavy atom. The molecule has 138 valence electrons. The predicted molar refractivity (Wildman–Crippen MR) is 75.7 cm³/mol. The second-order valence-electron chi connectivity index (χ2n) is 3.70. The van der Waals surface area contributed by atoms with Crippen LogP contribution < -0.4 is 0 Å². The standard InChI is InChI=1S/C6H12O5.3C2H4O2/c1-4(8)6(10)11-3-5(9)2-7;3*1-2(3)4/h4-5,7-9H,2-3H2,1H3;3*1H3,(H,3,4). The smallest absolute Gasteiger partial charge is 0.334 e. The first-order chi connectivity index (χ1) is 10.3. The third-order valence-electron chi connectivity index (χ3n) is 0.970. The normalized spacial score (nSPS) is 10.7. The number of ether oxygens (including phenoxy) is 1. The van der Waals surface area contributed by atoms with Crippen molar-refractivity contribution in [1.82, 2.24) is 0 Å². The highest BCUT2D eigenvalue weighted by molar-refractivity contribution is 5.73. The second-order valence-corrected chi connectivity index (χ2v) is 3.70. The molecule has 0 heterocycles. The van der Waals surface area contributed by atoms with Crippen molar-refractivity contribution in [3.8, 4) is 0 Å². The van der Waals surface area contributed by atoms with Gasteiger partial charge in [0.25, 0.3) is 17.9 Å². The largest absolute Gasteiger partial charge is 0.481 e. The van der Waals surface area contributed by atoms with Gasteiger partial charge in [0.1, 0.15) is 18.8 Å². The SMILES string of the molecule is CC(=O)O.CC(=O)O.CC(=O)O.CC(O)C(=O)OCC(O)CO. The molecule has 11 heteroatoms. The van der Waals surface area contributed by atoms with E-state index in [1.807, 2.05) is 0 Å². The number of aliphatic hydroxyl groups excluding tert-OH is 3. The molecule has 2 atom stereocenters. The zero-order chi connectivity index (χ0) is 19.6. The van der Waals surface area contributed by atoms with Gasteiger partial charge in [0, 0.05) is 20.8 Å². The molecule has 0 aliphatic heterocycles. The van der Waals surface area contributed by atoms with Crippen molar-refractivity contribution in [3.05, 3.63) is 0 Å². The van der Waals surface area contributed by atoms with E-state index in [0.717, 1.165) is 20.8 Å². The molecular weight excluding hydrogens is 320 g/mol. The van der Waals surface area contributed by atoms with Gasteiger partial charge in [-0.15, -0.1) is 0 Å². The molecule has 0 rings (SSSR count). The summed E-state index contributed by atoms with van der Waals surface area (Å²) < 4.78 is 4.36. The molecule has 0 fully saturated rings. The van der Waals surface area contributed by atoms with Crippen LogP contribution in [0.3, 0.4) is 0 Å². The Morgan fingerprint density at radius 3 is 1.30 bits per heavy atom. The van der Waals surface area contributed by atoms with Crippen LogP contribution in [0.25, 0.3) is 0 Å². The van der Waals surface area contributed by atoms with Gasteiger partial charge in [0.15, 0.2) is 0 Å². The third-order valence-corrected chi connectivity index (χ3v) is 0.970. The fourth-order valence-corrected chi connectivity index (χ4v) is 0.352. The number of rotatable bonds is 4. The Hall–Kier alpha value is -2.24. The van der Waals surface area contributed by atoms with E-state index in [0.29, 0.717) is 0 Å². The first-order valence-corrected chi connectivity index (χ1v) is 6.00. The van der Waals surface area contributed by atoms with Crippen molar-refractivity contribution in [1.29, 1.82) is 0 Å². The average Bonchev–Trinajstić information content (AvgIpc) is 2.33. The number of carboxylic acid groups (broad SMARTS) is 3. The van der Waals surface area contributed by atoms with E-state index in [9.17, 15) is 4.79 Å². The molecule has 0 aliphatic carbocycles. The van der Waals surface area contributed by atoms with Crippen molar-refractivity contribution in [2.45, 2.75) is 39.9 Å². The number of aliphatic carboxylic acids is 3. The first kappa shape index (κ1) is 28.9. The maximum absolute atomic E-state index is 10.5. The van der Waals surface area contributed by atoms with Crippen LogP contribution in [0.15, 0.2) is 0 Å². The van der Waals surface area contributed by atoms with Crippen molar-refractivity contribution in [3.63, 3.8) is 0 Å². The molecule has 0 saturated carbocycles. The van der Waals surface area contributed by atoms with E-state index in [2.05, 4.69) is 4.74 Å². The van der Waals surface area contributed by atoms with Crippen LogP contribution in [0.5, 0.6) is 0 Å². The summed E-state index contributed by atoms with van der Waals surface area (Å²) in [5, 5.41) is 47.8. The van der Waals surface area contributed by atoms with E-state index in [-0.39, 0.29) is 6.61 Å². The van der Waals surface area contributed by atoms with Crippen LogP contribution in [0, 0.1) is 0 Å². The molecule has 0 aliphatic rings. The molecule has 2 unspecified atom stereocenters. The third kappa shape index (κ3) is 81.2. The van der Waals surface area contributed by atoms with E-state index in [1.54, 1.807) is 0 Å². The van der Waals surface area contributed by atoms with Crippen LogP contribution >= 0.6 is 0 Å². The lowest BCUT2D eigenvalue weighted by atomic mass is 10.4. The van der Waals surface area contributed by atoms with Gasteiger partial charge >= 0.3 is 5.97 Å². The minimum atomic E-state index is -1.19. The molecule has 0 bridgehead atoms. The van der Waals surface area contributed by atoms with E-state index < -0.39 is 42.7 Å². The maximum atomic E-state index is 10.5. The quantitative estimate of drug-likeness (QED) is 0.325. The van der Waals surface area contributed by atoms with Gasteiger partial charge in [0.05, 0.1) is 6.61 Å². The summed E-state index contributed by atoms with van der Waals surface area (Å²) in [5.74, 6) is -3.31. The summed E-state index contributed by atoms with van der Waals surface area (Å²) >= 11 is 0.